The molecule has 2 aliphatic heterocycles. The summed E-state index contributed by atoms with van der Waals surface area (Å²) in [5.74, 6) is -0.907. The van der Waals surface area contributed by atoms with Crippen molar-refractivity contribution in [3.05, 3.63) is 101 Å². The molecule has 2 aliphatic rings. The summed E-state index contributed by atoms with van der Waals surface area (Å²) in [4.78, 5) is 16.7. The molecule has 9 nitrogen and oxygen atoms in total. The summed E-state index contributed by atoms with van der Waals surface area (Å²) in [5, 5.41) is 10.1. The first kappa shape index (κ1) is 29.8. The van der Waals surface area contributed by atoms with E-state index in [2.05, 4.69) is 49.6 Å². The van der Waals surface area contributed by atoms with Crippen LogP contribution < -0.4 is 4.74 Å². The Morgan fingerprint density at radius 2 is 1.66 bits per heavy atom. The number of alkyl halides is 3. The lowest BCUT2D eigenvalue weighted by atomic mass is 9.82. The second kappa shape index (κ2) is 12.4. The number of esters is 1. The maximum atomic E-state index is 13.6. The fourth-order valence-corrected chi connectivity index (χ4v) is 6.73. The molecule has 44 heavy (non-hydrogen) atoms. The van der Waals surface area contributed by atoms with Gasteiger partial charge in [-0.3, -0.25) is 14.6 Å². The van der Waals surface area contributed by atoms with Crippen molar-refractivity contribution >= 4 is 5.97 Å². The van der Waals surface area contributed by atoms with Gasteiger partial charge in [-0.2, -0.15) is 17.9 Å². The number of rotatable bonds is 8. The summed E-state index contributed by atoms with van der Waals surface area (Å²) in [5.41, 5.74) is 3.26. The monoisotopic (exact) mass is 606 g/mol. The van der Waals surface area contributed by atoms with Gasteiger partial charge in [-0.15, -0.1) is 5.10 Å². The van der Waals surface area contributed by atoms with E-state index in [1.165, 1.54) is 24.1 Å². The van der Waals surface area contributed by atoms with E-state index in [4.69, 9.17) is 9.47 Å². The number of aromatic nitrogens is 4. The molecule has 6 rings (SSSR count). The number of carbonyl (C=O) groups is 1. The highest BCUT2D eigenvalue weighted by Crippen LogP contribution is 2.39. The number of nitrogens with zero attached hydrogens (tertiary/aromatic N) is 6. The van der Waals surface area contributed by atoms with E-state index in [1.54, 1.807) is 19.2 Å². The minimum atomic E-state index is -4.71. The second-order valence-electron chi connectivity index (χ2n) is 11.3. The first-order valence-electron chi connectivity index (χ1n) is 14.5. The zero-order valence-corrected chi connectivity index (χ0v) is 24.4. The molecule has 0 N–H and O–H groups in total. The molecule has 2 saturated heterocycles. The molecule has 4 aromatic rings. The number of fused-ring (bicyclic) bond motifs is 1. The molecule has 3 unspecified atom stereocenters. The number of hydrogen-bond donors (Lipinski definition) is 0. The van der Waals surface area contributed by atoms with Crippen molar-refractivity contribution in [3.63, 3.8) is 0 Å². The predicted molar refractivity (Wildman–Crippen MR) is 155 cm³/mol. The number of piperazine rings is 1. The molecule has 12 heteroatoms. The largest absolute Gasteiger partial charge is 0.496 e. The van der Waals surface area contributed by atoms with Crippen LogP contribution in [-0.2, 0) is 22.3 Å². The van der Waals surface area contributed by atoms with Crippen LogP contribution in [0, 0.1) is 0 Å². The molecular formula is C32H33F3N6O3. The van der Waals surface area contributed by atoms with E-state index < -0.39 is 12.0 Å². The zero-order valence-electron chi connectivity index (χ0n) is 24.4. The van der Waals surface area contributed by atoms with E-state index in [0.717, 1.165) is 0 Å². The number of methoxy groups -OCH3 is 1. The molecule has 3 atom stereocenters. The first-order chi connectivity index (χ1) is 21.2. The molecule has 3 heterocycles. The fourth-order valence-electron chi connectivity index (χ4n) is 6.73. The maximum Gasteiger partial charge on any atom is 0.453 e. The number of hydrogen-bond acceptors (Lipinski definition) is 8. The third-order valence-corrected chi connectivity index (χ3v) is 8.42. The molecule has 230 valence electrons. The number of benzene rings is 3. The molecule has 0 aliphatic carbocycles. The highest BCUT2D eigenvalue weighted by atomic mass is 19.4. The normalized spacial score (nSPS) is 20.9. The smallest absolute Gasteiger partial charge is 0.453 e. The summed E-state index contributed by atoms with van der Waals surface area (Å²) < 4.78 is 52.8. The van der Waals surface area contributed by atoms with Crippen LogP contribution in [-0.4, -0.2) is 80.9 Å². The van der Waals surface area contributed by atoms with Crippen LogP contribution in [0.25, 0.3) is 5.69 Å². The molecular weight excluding hydrogens is 573 g/mol. The van der Waals surface area contributed by atoms with E-state index in [0.29, 0.717) is 48.6 Å². The molecule has 0 bridgehead atoms. The average molecular weight is 607 g/mol. The molecule has 0 spiro atoms. The number of tetrazole rings is 1. The Balaban J connectivity index is 1.36. The summed E-state index contributed by atoms with van der Waals surface area (Å²) in [6, 6.07) is 25.7. The van der Waals surface area contributed by atoms with Crippen molar-refractivity contribution < 1.29 is 27.4 Å². The maximum absolute atomic E-state index is 13.6. The topological polar surface area (TPSA) is 85.6 Å². The number of ether oxygens (including phenoxy) is 2. The second-order valence-corrected chi connectivity index (χ2v) is 11.3. The van der Waals surface area contributed by atoms with E-state index in [1.807, 2.05) is 36.4 Å². The van der Waals surface area contributed by atoms with Crippen LogP contribution in [0.1, 0.15) is 41.8 Å². The van der Waals surface area contributed by atoms with Crippen molar-refractivity contribution in [1.29, 1.82) is 0 Å². The van der Waals surface area contributed by atoms with Gasteiger partial charge >= 0.3 is 12.1 Å². The van der Waals surface area contributed by atoms with Crippen LogP contribution in [0.3, 0.4) is 0 Å². The standard InChI is InChI=1S/C32H33F3N6O3/c1-21(42)44-27-16-26-18-39(17-24-15-25(13-14-29(24)43-2)41-31(32(33,34)35)36-37-38-41)20-28(40(26)19-27)30(22-9-5-3-6-10-22)23-11-7-4-8-12-23/h3-15,26-28,30H,16-20H2,1-2H3. The molecule has 2 fully saturated rings. The van der Waals surface area contributed by atoms with Gasteiger partial charge in [-0.25, -0.2) is 0 Å². The van der Waals surface area contributed by atoms with Gasteiger partial charge in [0.25, 0.3) is 5.82 Å². The van der Waals surface area contributed by atoms with Gasteiger partial charge in [-0.1, -0.05) is 60.7 Å². The Labute approximate surface area is 253 Å². The van der Waals surface area contributed by atoms with Crippen LogP contribution in [0.4, 0.5) is 13.2 Å². The Bertz CT molecular complexity index is 1540. The van der Waals surface area contributed by atoms with Gasteiger partial charge in [0.15, 0.2) is 0 Å². The molecule has 1 aromatic heterocycles. The Morgan fingerprint density at radius 1 is 0.977 bits per heavy atom. The van der Waals surface area contributed by atoms with Crippen molar-refractivity contribution in [1.82, 2.24) is 30.0 Å². The first-order valence-corrected chi connectivity index (χ1v) is 14.5. The van der Waals surface area contributed by atoms with Gasteiger partial charge in [0.05, 0.1) is 12.8 Å². The SMILES string of the molecule is COc1ccc(-n2nnnc2C(F)(F)F)cc1CN1CC2CC(OC(C)=O)CN2C(C(c2ccccc2)c2ccccc2)C1. The third-order valence-electron chi connectivity index (χ3n) is 8.42. The zero-order chi connectivity index (χ0) is 30.8. The van der Waals surface area contributed by atoms with Gasteiger partial charge in [0.1, 0.15) is 11.9 Å². The fraction of sp³-hybridized carbons (Fsp3) is 0.375. The molecule has 0 amide bonds. The lowest BCUT2D eigenvalue weighted by Crippen LogP contribution is -2.58. The summed E-state index contributed by atoms with van der Waals surface area (Å²) in [6.07, 6.45) is -4.23. The quantitative estimate of drug-likeness (QED) is 0.267. The lowest BCUT2D eigenvalue weighted by molar-refractivity contribution is -0.147. The molecule has 3 aromatic carbocycles. The summed E-state index contributed by atoms with van der Waals surface area (Å²) >= 11 is 0. The minimum Gasteiger partial charge on any atom is -0.496 e. The van der Waals surface area contributed by atoms with Crippen molar-refractivity contribution in [2.75, 3.05) is 26.7 Å². The van der Waals surface area contributed by atoms with Gasteiger partial charge in [-0.05, 0) is 39.8 Å². The predicted octanol–water partition coefficient (Wildman–Crippen LogP) is 4.71. The van der Waals surface area contributed by atoms with E-state index in [9.17, 15) is 18.0 Å². The molecule has 0 radical (unpaired) electrons. The van der Waals surface area contributed by atoms with Gasteiger partial charge in [0, 0.05) is 63.1 Å². The minimum absolute atomic E-state index is 0.0302. The van der Waals surface area contributed by atoms with Gasteiger partial charge < -0.3 is 9.47 Å². The van der Waals surface area contributed by atoms with Crippen molar-refractivity contribution in [3.8, 4) is 11.4 Å². The Hall–Kier alpha value is -4.29. The summed E-state index contributed by atoms with van der Waals surface area (Å²) in [6.45, 7) is 3.86. The summed E-state index contributed by atoms with van der Waals surface area (Å²) in [7, 11) is 1.54. The van der Waals surface area contributed by atoms with Crippen molar-refractivity contribution in [2.45, 2.75) is 50.2 Å². The van der Waals surface area contributed by atoms with Crippen molar-refractivity contribution in [2.24, 2.45) is 0 Å². The van der Waals surface area contributed by atoms with E-state index >= 15 is 0 Å². The third kappa shape index (κ3) is 6.18. The lowest BCUT2D eigenvalue weighted by Gasteiger charge is -2.47. The average Bonchev–Trinajstić information content (AvgIpc) is 3.66. The van der Waals surface area contributed by atoms with Crippen LogP contribution in [0.2, 0.25) is 0 Å². The highest BCUT2D eigenvalue weighted by Gasteiger charge is 2.46. The molecule has 0 saturated carbocycles. The highest BCUT2D eigenvalue weighted by molar-refractivity contribution is 5.66. The van der Waals surface area contributed by atoms with Crippen LogP contribution in [0.5, 0.6) is 5.75 Å². The number of halogens is 3. The number of carbonyl (C=O) groups excluding carboxylic acids is 1. The Kier molecular flexibility index (Phi) is 8.37. The van der Waals surface area contributed by atoms with E-state index in [-0.39, 0.29) is 35.8 Å². The Morgan fingerprint density at radius 3 is 2.27 bits per heavy atom. The van der Waals surface area contributed by atoms with Crippen LogP contribution in [0.15, 0.2) is 78.9 Å². The van der Waals surface area contributed by atoms with Gasteiger partial charge in [0.2, 0.25) is 0 Å². The van der Waals surface area contributed by atoms with Crippen LogP contribution >= 0.6 is 0 Å².